The van der Waals surface area contributed by atoms with E-state index in [2.05, 4.69) is 0 Å². The van der Waals surface area contributed by atoms with Crippen molar-refractivity contribution in [1.29, 1.82) is 0 Å². The van der Waals surface area contributed by atoms with Crippen LogP contribution < -0.4 is 9.47 Å². The molecular weight excluding hydrogens is 240 g/mol. The fraction of sp³-hybridized carbons (Fsp3) is 0.188. The Hall–Kier alpha value is -2.29. The van der Waals surface area contributed by atoms with Crippen molar-refractivity contribution < 1.29 is 14.3 Å². The Morgan fingerprint density at radius 2 is 1.42 bits per heavy atom. The van der Waals surface area contributed by atoms with Gasteiger partial charge in [-0.25, -0.2) is 0 Å². The van der Waals surface area contributed by atoms with Crippen LogP contribution in [0.5, 0.6) is 11.5 Å². The predicted molar refractivity (Wildman–Crippen MR) is 74.2 cm³/mol. The number of carbonyl (C=O) groups excluding carboxylic acids is 1. The Morgan fingerprint density at radius 3 is 2.00 bits per heavy atom. The lowest BCUT2D eigenvalue weighted by atomic mass is 10.0. The molecule has 2 aromatic carbocycles. The largest absolute Gasteiger partial charge is 0.493 e. The first-order valence-electron chi connectivity index (χ1n) is 5.99. The van der Waals surface area contributed by atoms with Crippen LogP contribution in [0.15, 0.2) is 42.5 Å². The third-order valence-electron chi connectivity index (χ3n) is 2.96. The van der Waals surface area contributed by atoms with Crippen LogP contribution in [0.25, 0.3) is 0 Å². The van der Waals surface area contributed by atoms with E-state index in [4.69, 9.17) is 9.47 Å². The summed E-state index contributed by atoms with van der Waals surface area (Å²) in [4.78, 5) is 12.3. The molecule has 0 saturated carbocycles. The van der Waals surface area contributed by atoms with E-state index in [0.29, 0.717) is 22.6 Å². The van der Waals surface area contributed by atoms with Gasteiger partial charge in [-0.3, -0.25) is 4.79 Å². The molecule has 2 aromatic rings. The van der Waals surface area contributed by atoms with Crippen LogP contribution in [0.4, 0.5) is 0 Å². The highest BCUT2D eigenvalue weighted by Gasteiger charge is 2.12. The van der Waals surface area contributed by atoms with Crippen molar-refractivity contribution in [2.24, 2.45) is 0 Å². The number of hydrogen-bond acceptors (Lipinski definition) is 3. The van der Waals surface area contributed by atoms with Crippen molar-refractivity contribution >= 4 is 5.78 Å². The molecule has 0 saturated heterocycles. The SMILES string of the molecule is COc1ccc(C(=O)c2ccc(C)cc2)cc1OC. The Morgan fingerprint density at radius 1 is 0.842 bits per heavy atom. The van der Waals surface area contributed by atoms with Gasteiger partial charge >= 0.3 is 0 Å². The second-order valence-corrected chi connectivity index (χ2v) is 4.26. The normalized spacial score (nSPS) is 10.1. The summed E-state index contributed by atoms with van der Waals surface area (Å²) in [5, 5.41) is 0. The van der Waals surface area contributed by atoms with E-state index in [1.807, 2.05) is 31.2 Å². The van der Waals surface area contributed by atoms with Gasteiger partial charge in [-0.05, 0) is 25.1 Å². The molecule has 0 fully saturated rings. The molecule has 0 unspecified atom stereocenters. The van der Waals surface area contributed by atoms with E-state index >= 15 is 0 Å². The van der Waals surface area contributed by atoms with E-state index in [-0.39, 0.29) is 5.78 Å². The fourth-order valence-corrected chi connectivity index (χ4v) is 1.85. The molecule has 2 rings (SSSR count). The van der Waals surface area contributed by atoms with Crippen molar-refractivity contribution in [1.82, 2.24) is 0 Å². The van der Waals surface area contributed by atoms with Gasteiger partial charge < -0.3 is 9.47 Å². The quantitative estimate of drug-likeness (QED) is 0.788. The first kappa shape index (κ1) is 13.1. The van der Waals surface area contributed by atoms with Crippen LogP contribution in [0, 0.1) is 6.92 Å². The first-order chi connectivity index (χ1) is 9.15. The molecule has 0 radical (unpaired) electrons. The minimum Gasteiger partial charge on any atom is -0.493 e. The van der Waals surface area contributed by atoms with Crippen molar-refractivity contribution in [2.75, 3.05) is 14.2 Å². The maximum atomic E-state index is 12.3. The van der Waals surface area contributed by atoms with Gasteiger partial charge in [0, 0.05) is 11.1 Å². The van der Waals surface area contributed by atoms with E-state index in [1.54, 1.807) is 32.4 Å². The molecule has 3 nitrogen and oxygen atoms in total. The number of benzene rings is 2. The van der Waals surface area contributed by atoms with Crippen LogP contribution in [0.1, 0.15) is 21.5 Å². The minimum atomic E-state index is -0.0269. The van der Waals surface area contributed by atoms with Gasteiger partial charge in [0.25, 0.3) is 0 Å². The average Bonchev–Trinajstić information content (AvgIpc) is 2.46. The molecule has 19 heavy (non-hydrogen) atoms. The Bertz CT molecular complexity index is 585. The molecule has 0 aromatic heterocycles. The Labute approximate surface area is 112 Å². The lowest BCUT2D eigenvalue weighted by Crippen LogP contribution is -2.02. The van der Waals surface area contributed by atoms with E-state index < -0.39 is 0 Å². The average molecular weight is 256 g/mol. The van der Waals surface area contributed by atoms with Crippen LogP contribution in [0.3, 0.4) is 0 Å². The standard InChI is InChI=1S/C16H16O3/c1-11-4-6-12(7-5-11)16(17)13-8-9-14(18-2)15(10-13)19-3/h4-10H,1-3H3. The molecule has 0 bridgehead atoms. The number of carbonyl (C=O) groups is 1. The lowest BCUT2D eigenvalue weighted by Gasteiger charge is -2.09. The monoisotopic (exact) mass is 256 g/mol. The molecule has 0 heterocycles. The van der Waals surface area contributed by atoms with Crippen molar-refractivity contribution in [3.8, 4) is 11.5 Å². The number of methoxy groups -OCH3 is 2. The van der Waals surface area contributed by atoms with Crippen LogP contribution in [-0.2, 0) is 0 Å². The van der Waals surface area contributed by atoms with Gasteiger partial charge in [-0.15, -0.1) is 0 Å². The summed E-state index contributed by atoms with van der Waals surface area (Å²) in [5.74, 6) is 1.14. The summed E-state index contributed by atoms with van der Waals surface area (Å²) in [7, 11) is 3.12. The molecular formula is C16H16O3. The van der Waals surface area contributed by atoms with Gasteiger partial charge in [-0.1, -0.05) is 29.8 Å². The molecule has 0 aliphatic rings. The lowest BCUT2D eigenvalue weighted by molar-refractivity contribution is 0.103. The minimum absolute atomic E-state index is 0.0269. The summed E-state index contributed by atoms with van der Waals surface area (Å²) in [5.41, 5.74) is 2.38. The number of aryl methyl sites for hydroxylation is 1. The summed E-state index contributed by atoms with van der Waals surface area (Å²) in [6, 6.07) is 12.7. The molecule has 0 amide bonds. The topological polar surface area (TPSA) is 35.5 Å². The zero-order valence-electron chi connectivity index (χ0n) is 11.3. The predicted octanol–water partition coefficient (Wildman–Crippen LogP) is 3.24. The molecule has 0 atom stereocenters. The second-order valence-electron chi connectivity index (χ2n) is 4.26. The maximum Gasteiger partial charge on any atom is 0.193 e. The number of ether oxygens (including phenoxy) is 2. The van der Waals surface area contributed by atoms with Crippen molar-refractivity contribution in [3.05, 3.63) is 59.2 Å². The van der Waals surface area contributed by atoms with Gasteiger partial charge in [0.05, 0.1) is 14.2 Å². The molecule has 0 spiro atoms. The Kier molecular flexibility index (Phi) is 3.85. The van der Waals surface area contributed by atoms with Crippen LogP contribution in [-0.4, -0.2) is 20.0 Å². The van der Waals surface area contributed by atoms with Gasteiger partial charge in [0.1, 0.15) is 0 Å². The highest BCUT2D eigenvalue weighted by Crippen LogP contribution is 2.28. The van der Waals surface area contributed by atoms with E-state index in [0.717, 1.165) is 5.56 Å². The third kappa shape index (κ3) is 2.76. The summed E-state index contributed by atoms with van der Waals surface area (Å²) < 4.78 is 10.4. The van der Waals surface area contributed by atoms with E-state index in [9.17, 15) is 4.79 Å². The molecule has 3 heteroatoms. The summed E-state index contributed by atoms with van der Waals surface area (Å²) in [6.07, 6.45) is 0. The Balaban J connectivity index is 2.36. The smallest absolute Gasteiger partial charge is 0.193 e. The zero-order valence-corrected chi connectivity index (χ0v) is 11.3. The van der Waals surface area contributed by atoms with Crippen molar-refractivity contribution in [2.45, 2.75) is 6.92 Å². The van der Waals surface area contributed by atoms with Gasteiger partial charge in [-0.2, -0.15) is 0 Å². The fourth-order valence-electron chi connectivity index (χ4n) is 1.85. The second kappa shape index (κ2) is 5.57. The number of ketones is 1. The summed E-state index contributed by atoms with van der Waals surface area (Å²) >= 11 is 0. The van der Waals surface area contributed by atoms with Crippen molar-refractivity contribution in [3.63, 3.8) is 0 Å². The van der Waals surface area contributed by atoms with Gasteiger partial charge in [0.2, 0.25) is 0 Å². The molecule has 0 aliphatic heterocycles. The molecule has 98 valence electrons. The van der Waals surface area contributed by atoms with Gasteiger partial charge in [0.15, 0.2) is 17.3 Å². The van der Waals surface area contributed by atoms with E-state index in [1.165, 1.54) is 0 Å². The molecule has 0 aliphatic carbocycles. The highest BCUT2D eigenvalue weighted by atomic mass is 16.5. The summed E-state index contributed by atoms with van der Waals surface area (Å²) in [6.45, 7) is 1.99. The zero-order chi connectivity index (χ0) is 13.8. The molecule has 0 N–H and O–H groups in total. The highest BCUT2D eigenvalue weighted by molar-refractivity contribution is 6.09. The third-order valence-corrected chi connectivity index (χ3v) is 2.96. The first-order valence-corrected chi connectivity index (χ1v) is 5.99. The van der Waals surface area contributed by atoms with Crippen LogP contribution >= 0.6 is 0 Å². The number of rotatable bonds is 4. The maximum absolute atomic E-state index is 12.3. The van der Waals surface area contributed by atoms with Crippen LogP contribution in [0.2, 0.25) is 0 Å². The number of hydrogen-bond donors (Lipinski definition) is 0.